The first-order valence-corrected chi connectivity index (χ1v) is 8.92. The van der Waals surface area contributed by atoms with Gasteiger partial charge in [-0.2, -0.15) is 0 Å². The number of para-hydroxylation sites is 1. The number of aliphatic carboxylic acids is 1. The van der Waals surface area contributed by atoms with E-state index < -0.39 is 11.5 Å². The first-order chi connectivity index (χ1) is 10.2. The number of carbonyl (C=O) groups is 1. The highest BCUT2D eigenvalue weighted by Crippen LogP contribution is 2.43. The van der Waals surface area contributed by atoms with Crippen molar-refractivity contribution in [3.8, 4) is 0 Å². The number of nitrogens with one attached hydrogen (secondary N) is 1. The molecule has 0 bridgehead atoms. The lowest BCUT2D eigenvalue weighted by atomic mass is 9.96. The summed E-state index contributed by atoms with van der Waals surface area (Å²) in [6.45, 7) is 2.63. The minimum Gasteiger partial charge on any atom is -0.480 e. The lowest BCUT2D eigenvalue weighted by Gasteiger charge is -2.29. The Balaban J connectivity index is 1.78. The minimum absolute atomic E-state index is 0.247. The lowest BCUT2D eigenvalue weighted by molar-refractivity contribution is -0.144. The monoisotopic (exact) mass is 322 g/mol. The predicted molar refractivity (Wildman–Crippen MR) is 87.1 cm³/mol. The Hall–Kier alpha value is -1.11. The number of hydrogen-bond donors (Lipinski definition) is 2. The maximum absolute atomic E-state index is 11.8. The number of thioether (sulfide) groups is 1. The summed E-state index contributed by atoms with van der Waals surface area (Å²) < 4.78 is 2.09. The molecule has 1 unspecified atom stereocenters. The van der Waals surface area contributed by atoms with E-state index in [0.29, 0.717) is 12.3 Å². The number of carboxylic acids is 1. The van der Waals surface area contributed by atoms with Crippen molar-refractivity contribution < 1.29 is 9.90 Å². The summed E-state index contributed by atoms with van der Waals surface area (Å²) in [4.78, 5) is 16.4. The van der Waals surface area contributed by atoms with Crippen LogP contribution in [-0.4, -0.2) is 33.9 Å². The summed E-state index contributed by atoms with van der Waals surface area (Å²) in [5.41, 5.74) is 0.179. The maximum Gasteiger partial charge on any atom is 0.325 e. The van der Waals surface area contributed by atoms with Crippen LogP contribution >= 0.6 is 23.1 Å². The van der Waals surface area contributed by atoms with Crippen molar-refractivity contribution >= 4 is 39.3 Å². The topological polar surface area (TPSA) is 62.2 Å². The van der Waals surface area contributed by atoms with Gasteiger partial charge in [0.15, 0.2) is 4.34 Å². The third-order valence-corrected chi connectivity index (χ3v) is 6.22. The van der Waals surface area contributed by atoms with Crippen LogP contribution in [-0.2, 0) is 4.79 Å². The zero-order valence-electron chi connectivity index (χ0n) is 11.8. The fourth-order valence-electron chi connectivity index (χ4n) is 2.61. The quantitative estimate of drug-likeness (QED) is 0.766. The zero-order valence-corrected chi connectivity index (χ0v) is 13.5. The number of carboxylic acid groups (broad SMARTS) is 1. The average molecular weight is 322 g/mol. The summed E-state index contributed by atoms with van der Waals surface area (Å²) in [5, 5.41) is 12.9. The molecule has 2 aromatic rings. The fourth-order valence-corrected chi connectivity index (χ4v) is 4.96. The first-order valence-electron chi connectivity index (χ1n) is 7.12. The molecule has 1 atom stereocenters. The van der Waals surface area contributed by atoms with Crippen LogP contribution in [0.2, 0.25) is 0 Å². The molecule has 21 heavy (non-hydrogen) atoms. The van der Waals surface area contributed by atoms with Gasteiger partial charge in [0.25, 0.3) is 0 Å². The molecule has 0 saturated heterocycles. The second-order valence-electron chi connectivity index (χ2n) is 5.32. The van der Waals surface area contributed by atoms with Crippen LogP contribution in [0.4, 0.5) is 0 Å². The first kappa shape index (κ1) is 14.8. The number of rotatable bonds is 7. The van der Waals surface area contributed by atoms with Gasteiger partial charge in [-0.05, 0) is 37.4 Å². The van der Waals surface area contributed by atoms with Crippen LogP contribution in [0.1, 0.15) is 19.8 Å². The largest absolute Gasteiger partial charge is 0.480 e. The molecule has 0 amide bonds. The highest BCUT2D eigenvalue weighted by molar-refractivity contribution is 8.01. The summed E-state index contributed by atoms with van der Waals surface area (Å²) in [6.07, 6.45) is 2.00. The van der Waals surface area contributed by atoms with Gasteiger partial charge in [0, 0.05) is 5.75 Å². The molecule has 1 saturated carbocycles. The number of benzene rings is 1. The van der Waals surface area contributed by atoms with Crippen LogP contribution in [0.3, 0.4) is 0 Å². The van der Waals surface area contributed by atoms with Crippen LogP contribution in [0, 0.1) is 5.92 Å². The van der Waals surface area contributed by atoms with Crippen molar-refractivity contribution in [2.24, 2.45) is 5.92 Å². The van der Waals surface area contributed by atoms with E-state index in [2.05, 4.69) is 10.3 Å². The molecule has 2 N–H and O–H groups in total. The van der Waals surface area contributed by atoms with Crippen LogP contribution in [0.15, 0.2) is 28.6 Å². The maximum atomic E-state index is 11.8. The molecule has 0 radical (unpaired) electrons. The molecule has 1 aliphatic rings. The molecule has 112 valence electrons. The fraction of sp³-hybridized carbons (Fsp3) is 0.467. The van der Waals surface area contributed by atoms with Gasteiger partial charge in [0.1, 0.15) is 5.54 Å². The van der Waals surface area contributed by atoms with Gasteiger partial charge in [-0.15, -0.1) is 11.3 Å². The minimum atomic E-state index is -0.808. The van der Waals surface area contributed by atoms with E-state index in [1.54, 1.807) is 23.1 Å². The molecule has 1 aromatic carbocycles. The Bertz CT molecular complexity index is 621. The van der Waals surface area contributed by atoms with Crippen molar-refractivity contribution in [2.75, 3.05) is 12.3 Å². The molecule has 3 rings (SSSR count). The van der Waals surface area contributed by atoms with E-state index in [-0.39, 0.29) is 5.92 Å². The Morgan fingerprint density at radius 2 is 2.29 bits per heavy atom. The second kappa shape index (κ2) is 5.94. The number of nitrogens with zero attached hydrogens (tertiary/aromatic N) is 1. The molecule has 1 aromatic heterocycles. The SMILES string of the molecule is CCNC(CSc1nc2ccccc2s1)(C(=O)O)C1CC1. The van der Waals surface area contributed by atoms with Gasteiger partial charge in [-0.1, -0.05) is 30.8 Å². The average Bonchev–Trinajstić information content (AvgIpc) is 3.23. The van der Waals surface area contributed by atoms with Gasteiger partial charge in [-0.3, -0.25) is 4.79 Å². The summed E-state index contributed by atoms with van der Waals surface area (Å²) in [5.74, 6) is 0.0398. The van der Waals surface area contributed by atoms with Gasteiger partial charge < -0.3 is 10.4 Å². The lowest BCUT2D eigenvalue weighted by Crippen LogP contribution is -2.56. The van der Waals surface area contributed by atoms with Gasteiger partial charge in [0.05, 0.1) is 10.2 Å². The van der Waals surface area contributed by atoms with Gasteiger partial charge >= 0.3 is 5.97 Å². The van der Waals surface area contributed by atoms with E-state index in [1.807, 2.05) is 31.2 Å². The van der Waals surface area contributed by atoms with Crippen molar-refractivity contribution in [1.29, 1.82) is 0 Å². The number of likely N-dealkylation sites (N-methyl/N-ethyl adjacent to an activating group) is 1. The Kier molecular flexibility index (Phi) is 4.19. The molecule has 1 aliphatic carbocycles. The number of hydrogen-bond acceptors (Lipinski definition) is 5. The Labute approximate surface area is 132 Å². The predicted octanol–water partition coefficient (Wildman–Crippen LogP) is 3.23. The number of fused-ring (bicyclic) bond motifs is 1. The van der Waals surface area contributed by atoms with Crippen molar-refractivity contribution in [1.82, 2.24) is 10.3 Å². The molecular weight excluding hydrogens is 304 g/mol. The Morgan fingerprint density at radius 1 is 1.52 bits per heavy atom. The smallest absolute Gasteiger partial charge is 0.325 e. The summed E-state index contributed by atoms with van der Waals surface area (Å²) >= 11 is 3.18. The molecule has 0 aliphatic heterocycles. The van der Waals surface area contributed by atoms with Crippen molar-refractivity contribution in [2.45, 2.75) is 29.6 Å². The zero-order chi connectivity index (χ0) is 14.9. The van der Waals surface area contributed by atoms with Crippen LogP contribution in [0.25, 0.3) is 10.2 Å². The van der Waals surface area contributed by atoms with E-state index in [0.717, 1.165) is 27.4 Å². The normalized spacial score (nSPS) is 17.8. The highest BCUT2D eigenvalue weighted by Gasteiger charge is 2.50. The second-order valence-corrected chi connectivity index (χ2v) is 7.57. The van der Waals surface area contributed by atoms with Crippen LogP contribution < -0.4 is 5.32 Å². The molecular formula is C15H18N2O2S2. The van der Waals surface area contributed by atoms with E-state index in [9.17, 15) is 9.90 Å². The van der Waals surface area contributed by atoms with Crippen molar-refractivity contribution in [3.05, 3.63) is 24.3 Å². The van der Waals surface area contributed by atoms with Gasteiger partial charge in [0.2, 0.25) is 0 Å². The number of aromatic nitrogens is 1. The summed E-state index contributed by atoms with van der Waals surface area (Å²) in [6, 6.07) is 8.01. The Morgan fingerprint density at radius 3 is 2.90 bits per heavy atom. The number of thiazole rings is 1. The molecule has 1 fully saturated rings. The van der Waals surface area contributed by atoms with Gasteiger partial charge in [-0.25, -0.2) is 4.98 Å². The molecule has 0 spiro atoms. The van der Waals surface area contributed by atoms with Crippen molar-refractivity contribution in [3.63, 3.8) is 0 Å². The third-order valence-electron chi connectivity index (χ3n) is 3.85. The van der Waals surface area contributed by atoms with E-state index in [4.69, 9.17) is 0 Å². The third kappa shape index (κ3) is 2.93. The van der Waals surface area contributed by atoms with Crippen LogP contribution in [0.5, 0.6) is 0 Å². The molecule has 4 nitrogen and oxygen atoms in total. The van der Waals surface area contributed by atoms with E-state index >= 15 is 0 Å². The molecule has 6 heteroatoms. The summed E-state index contributed by atoms with van der Waals surface area (Å²) in [7, 11) is 0. The standard InChI is InChI=1S/C15H18N2O2S2/c1-2-16-15(13(18)19,10-7-8-10)9-20-14-17-11-5-3-4-6-12(11)21-14/h3-6,10,16H,2,7-9H2,1H3,(H,18,19). The highest BCUT2D eigenvalue weighted by atomic mass is 32.2. The molecule has 1 heterocycles. The van der Waals surface area contributed by atoms with E-state index in [1.165, 1.54) is 0 Å².